The van der Waals surface area contributed by atoms with Crippen LogP contribution in [0.25, 0.3) is 6.08 Å². The van der Waals surface area contributed by atoms with Gasteiger partial charge in [-0.2, -0.15) is 0 Å². The van der Waals surface area contributed by atoms with Crippen LogP contribution in [-0.2, 0) is 4.79 Å². The number of amides is 1. The predicted molar refractivity (Wildman–Crippen MR) is 67.7 cm³/mol. The van der Waals surface area contributed by atoms with Crippen LogP contribution in [0.4, 0.5) is 0 Å². The molecule has 0 saturated heterocycles. The van der Waals surface area contributed by atoms with E-state index in [-0.39, 0.29) is 25.7 Å². The van der Waals surface area contributed by atoms with Crippen LogP contribution in [0.15, 0.2) is 28.2 Å². The molecule has 1 aromatic carbocycles. The molecule has 0 saturated carbocycles. The van der Waals surface area contributed by atoms with Gasteiger partial charge in [-0.3, -0.25) is 4.79 Å². The molecule has 17 heavy (non-hydrogen) atoms. The van der Waals surface area contributed by atoms with Gasteiger partial charge < -0.3 is 15.2 Å². The number of benzene rings is 1. The van der Waals surface area contributed by atoms with Crippen molar-refractivity contribution in [3.63, 3.8) is 0 Å². The molecule has 1 heterocycles. The molecule has 1 aliphatic heterocycles. The molecular weight excluding hydrogens is 286 g/mol. The summed E-state index contributed by atoms with van der Waals surface area (Å²) in [7, 11) is 0. The smallest absolute Gasteiger partial charge is 0.250 e. The lowest BCUT2D eigenvalue weighted by atomic mass is 10.1. The first-order chi connectivity index (χ1) is 8.20. The second kappa shape index (κ2) is 5.33. The minimum atomic E-state index is -0.204. The van der Waals surface area contributed by atoms with Gasteiger partial charge in [0.1, 0.15) is 12.4 Å². The highest BCUT2D eigenvalue weighted by Crippen LogP contribution is 2.29. The molecule has 0 spiro atoms. The van der Waals surface area contributed by atoms with E-state index >= 15 is 0 Å². The highest BCUT2D eigenvalue weighted by atomic mass is 79.9. The van der Waals surface area contributed by atoms with Crippen molar-refractivity contribution in [3.05, 3.63) is 33.8 Å². The first-order valence-corrected chi connectivity index (χ1v) is 6.02. The second-order valence-electron chi connectivity index (χ2n) is 3.62. The molecule has 90 valence electrons. The number of aliphatic hydroxyl groups is 1. The van der Waals surface area contributed by atoms with Gasteiger partial charge in [-0.25, -0.2) is 0 Å². The Morgan fingerprint density at radius 1 is 1.53 bits per heavy atom. The Balaban J connectivity index is 2.19. The third-order valence-corrected chi connectivity index (χ3v) is 2.87. The Kier molecular flexibility index (Phi) is 3.81. The molecule has 2 rings (SSSR count). The molecule has 4 nitrogen and oxygen atoms in total. The Morgan fingerprint density at radius 3 is 3.12 bits per heavy atom. The molecule has 0 unspecified atom stereocenters. The lowest BCUT2D eigenvalue weighted by Gasteiger charge is -2.17. The Bertz CT molecular complexity index is 471. The van der Waals surface area contributed by atoms with E-state index in [4.69, 9.17) is 9.84 Å². The fourth-order valence-electron chi connectivity index (χ4n) is 1.56. The van der Waals surface area contributed by atoms with Crippen molar-refractivity contribution >= 4 is 27.9 Å². The summed E-state index contributed by atoms with van der Waals surface area (Å²) < 4.78 is 6.42. The van der Waals surface area contributed by atoms with E-state index in [2.05, 4.69) is 21.2 Å². The molecule has 0 aromatic heterocycles. The van der Waals surface area contributed by atoms with Crippen LogP contribution in [0.3, 0.4) is 0 Å². The lowest BCUT2D eigenvalue weighted by molar-refractivity contribution is -0.117. The van der Waals surface area contributed by atoms with Crippen molar-refractivity contribution in [1.29, 1.82) is 0 Å². The van der Waals surface area contributed by atoms with Gasteiger partial charge in [0.25, 0.3) is 5.91 Å². The molecular formula is C12H12BrNO3. The molecule has 0 bridgehead atoms. The van der Waals surface area contributed by atoms with Crippen molar-refractivity contribution in [2.24, 2.45) is 0 Å². The van der Waals surface area contributed by atoms with E-state index in [0.29, 0.717) is 5.57 Å². The summed E-state index contributed by atoms with van der Waals surface area (Å²) in [6.45, 7) is 0.440. The maximum atomic E-state index is 11.7. The first kappa shape index (κ1) is 12.1. The number of carbonyl (C=O) groups is 1. The monoisotopic (exact) mass is 297 g/mol. The van der Waals surface area contributed by atoms with Gasteiger partial charge in [-0.1, -0.05) is 15.9 Å². The van der Waals surface area contributed by atoms with Crippen molar-refractivity contribution < 1.29 is 14.6 Å². The summed E-state index contributed by atoms with van der Waals surface area (Å²) in [6, 6.07) is 5.65. The summed E-state index contributed by atoms with van der Waals surface area (Å²) in [5.41, 5.74) is 1.43. The summed E-state index contributed by atoms with van der Waals surface area (Å²) in [6.07, 6.45) is 1.80. The fraction of sp³-hybridized carbons (Fsp3) is 0.250. The van der Waals surface area contributed by atoms with E-state index in [9.17, 15) is 4.79 Å². The van der Waals surface area contributed by atoms with Gasteiger partial charge >= 0.3 is 0 Å². The molecule has 1 aromatic rings. The van der Waals surface area contributed by atoms with E-state index in [1.54, 1.807) is 6.08 Å². The fourth-order valence-corrected chi connectivity index (χ4v) is 1.94. The zero-order chi connectivity index (χ0) is 12.3. The number of hydrogen-bond donors (Lipinski definition) is 2. The number of rotatable bonds is 3. The summed E-state index contributed by atoms with van der Waals surface area (Å²) in [5, 5.41) is 11.2. The Labute approximate surface area is 107 Å². The quantitative estimate of drug-likeness (QED) is 0.885. The third kappa shape index (κ3) is 2.87. The van der Waals surface area contributed by atoms with Gasteiger partial charge in [0.2, 0.25) is 0 Å². The van der Waals surface area contributed by atoms with Gasteiger partial charge in [0, 0.05) is 16.6 Å². The minimum absolute atomic E-state index is 0.0674. The van der Waals surface area contributed by atoms with Gasteiger partial charge in [-0.05, 0) is 24.3 Å². The van der Waals surface area contributed by atoms with Crippen molar-refractivity contribution in [1.82, 2.24) is 5.32 Å². The standard InChI is InChI=1S/C12H12BrNO3/c13-10-1-2-11-8(6-10)5-9(7-17-11)12(16)14-3-4-15/h1-2,5-6,15H,3-4,7H2,(H,14,16). The molecule has 0 atom stereocenters. The summed E-state index contributed by atoms with van der Waals surface area (Å²) >= 11 is 3.37. The highest BCUT2D eigenvalue weighted by Gasteiger charge is 2.16. The molecule has 2 N–H and O–H groups in total. The first-order valence-electron chi connectivity index (χ1n) is 5.22. The van der Waals surface area contributed by atoms with Crippen LogP contribution in [0.5, 0.6) is 5.75 Å². The molecule has 5 heteroatoms. The van der Waals surface area contributed by atoms with Crippen LogP contribution >= 0.6 is 15.9 Å². The number of ether oxygens (including phenoxy) is 1. The highest BCUT2D eigenvalue weighted by molar-refractivity contribution is 9.10. The molecule has 0 fully saturated rings. The van der Waals surface area contributed by atoms with Crippen LogP contribution in [0, 0.1) is 0 Å². The zero-order valence-corrected chi connectivity index (χ0v) is 10.7. The summed E-state index contributed by atoms with van der Waals surface area (Å²) in [5.74, 6) is 0.566. The van der Waals surface area contributed by atoms with E-state index in [1.807, 2.05) is 18.2 Å². The summed E-state index contributed by atoms with van der Waals surface area (Å²) in [4.78, 5) is 11.7. The normalized spacial score (nSPS) is 13.4. The topological polar surface area (TPSA) is 58.6 Å². The largest absolute Gasteiger partial charge is 0.488 e. The van der Waals surface area contributed by atoms with Crippen LogP contribution in [-0.4, -0.2) is 30.8 Å². The maximum absolute atomic E-state index is 11.7. The van der Waals surface area contributed by atoms with E-state index < -0.39 is 0 Å². The Hall–Kier alpha value is -1.33. The zero-order valence-electron chi connectivity index (χ0n) is 9.07. The number of nitrogens with one attached hydrogen (secondary N) is 1. The van der Waals surface area contributed by atoms with Crippen LogP contribution < -0.4 is 10.1 Å². The van der Waals surface area contributed by atoms with Crippen molar-refractivity contribution in [2.75, 3.05) is 19.8 Å². The second-order valence-corrected chi connectivity index (χ2v) is 4.54. The Morgan fingerprint density at radius 2 is 2.35 bits per heavy atom. The minimum Gasteiger partial charge on any atom is -0.488 e. The number of hydrogen-bond acceptors (Lipinski definition) is 3. The van der Waals surface area contributed by atoms with Crippen molar-refractivity contribution in [3.8, 4) is 5.75 Å². The van der Waals surface area contributed by atoms with Gasteiger partial charge in [0.15, 0.2) is 0 Å². The third-order valence-electron chi connectivity index (χ3n) is 2.37. The van der Waals surface area contributed by atoms with Gasteiger partial charge in [0.05, 0.1) is 12.2 Å². The predicted octanol–water partition coefficient (Wildman–Crippen LogP) is 1.33. The molecule has 0 aliphatic carbocycles. The van der Waals surface area contributed by atoms with Crippen LogP contribution in [0.2, 0.25) is 0 Å². The number of fused-ring (bicyclic) bond motifs is 1. The molecule has 1 aliphatic rings. The maximum Gasteiger partial charge on any atom is 0.250 e. The average molecular weight is 298 g/mol. The number of aliphatic hydroxyl groups excluding tert-OH is 1. The number of halogens is 1. The van der Waals surface area contributed by atoms with Crippen molar-refractivity contribution in [2.45, 2.75) is 0 Å². The molecule has 1 amide bonds. The van der Waals surface area contributed by atoms with E-state index in [0.717, 1.165) is 15.8 Å². The SMILES string of the molecule is O=C(NCCO)C1=Cc2cc(Br)ccc2OC1. The van der Waals surface area contributed by atoms with Crippen LogP contribution in [0.1, 0.15) is 5.56 Å². The van der Waals surface area contributed by atoms with Gasteiger partial charge in [-0.15, -0.1) is 0 Å². The lowest BCUT2D eigenvalue weighted by Crippen LogP contribution is -2.30. The average Bonchev–Trinajstić information content (AvgIpc) is 2.35. The van der Waals surface area contributed by atoms with E-state index in [1.165, 1.54) is 0 Å². The number of carbonyl (C=O) groups excluding carboxylic acids is 1. The molecule has 0 radical (unpaired) electrons.